The lowest BCUT2D eigenvalue weighted by Gasteiger charge is -2.12. The number of carbonyl (C=O) groups is 1. The van der Waals surface area contributed by atoms with E-state index in [0.29, 0.717) is 19.6 Å². The summed E-state index contributed by atoms with van der Waals surface area (Å²) in [7, 11) is 0. The van der Waals surface area contributed by atoms with Crippen molar-refractivity contribution in [3.8, 4) is 0 Å². The van der Waals surface area contributed by atoms with Crippen LogP contribution in [-0.2, 0) is 24.2 Å². The lowest BCUT2D eigenvalue weighted by molar-refractivity contribution is -0.122. The van der Waals surface area contributed by atoms with Gasteiger partial charge in [-0.2, -0.15) is 0 Å². The number of rotatable bonds is 7. The highest BCUT2D eigenvalue weighted by Gasteiger charge is 2.28. The maximum Gasteiger partial charge on any atom is 0.223 e. The zero-order chi connectivity index (χ0) is 16.8. The Labute approximate surface area is 144 Å². The van der Waals surface area contributed by atoms with Crippen LogP contribution in [0.5, 0.6) is 0 Å². The number of fused-ring (bicyclic) bond motifs is 1. The minimum absolute atomic E-state index is 0.192. The van der Waals surface area contributed by atoms with Gasteiger partial charge in [0.05, 0.1) is 6.54 Å². The normalized spacial score (nSPS) is 16.6. The molecule has 0 spiro atoms. The second-order valence-electron chi connectivity index (χ2n) is 6.64. The van der Waals surface area contributed by atoms with E-state index in [1.165, 1.54) is 36.0 Å². The fraction of sp³-hybridized carbons (Fsp3) is 0.579. The molecule has 1 aromatic rings. The molecule has 0 atom stereocenters. The van der Waals surface area contributed by atoms with Crippen molar-refractivity contribution in [3.63, 3.8) is 0 Å². The van der Waals surface area contributed by atoms with E-state index in [1.54, 1.807) is 0 Å². The van der Waals surface area contributed by atoms with E-state index in [4.69, 9.17) is 0 Å². The summed E-state index contributed by atoms with van der Waals surface area (Å²) in [6.45, 7) is 4.88. The number of carbonyl (C=O) groups excluding carboxylic acids is 1. The van der Waals surface area contributed by atoms with Crippen LogP contribution >= 0.6 is 0 Å². The third kappa shape index (κ3) is 4.73. The van der Waals surface area contributed by atoms with Crippen LogP contribution in [0.15, 0.2) is 23.2 Å². The Morgan fingerprint density at radius 2 is 1.92 bits per heavy atom. The monoisotopic (exact) mass is 328 g/mol. The number of benzene rings is 1. The van der Waals surface area contributed by atoms with Crippen molar-refractivity contribution in [3.05, 3.63) is 34.9 Å². The Balaban J connectivity index is 1.46. The highest BCUT2D eigenvalue weighted by atomic mass is 16.2. The first kappa shape index (κ1) is 16.8. The van der Waals surface area contributed by atoms with Crippen LogP contribution in [0.3, 0.4) is 0 Å². The first-order chi connectivity index (χ1) is 11.8. The summed E-state index contributed by atoms with van der Waals surface area (Å²) in [5.41, 5.74) is 4.25. The predicted octanol–water partition coefficient (Wildman–Crippen LogP) is 1.76. The van der Waals surface area contributed by atoms with Gasteiger partial charge in [0.25, 0.3) is 0 Å². The van der Waals surface area contributed by atoms with E-state index >= 15 is 0 Å². The van der Waals surface area contributed by atoms with Gasteiger partial charge in [-0.05, 0) is 55.7 Å². The van der Waals surface area contributed by atoms with Gasteiger partial charge in [0, 0.05) is 25.6 Å². The SMILES string of the molecule is CCNC(=NCc1ccc2c(c1)CCC2)NCCNC(=O)C1CC1. The molecule has 1 saturated carbocycles. The number of hydrogen-bond acceptors (Lipinski definition) is 2. The molecule has 2 aliphatic carbocycles. The molecule has 0 saturated heterocycles. The average Bonchev–Trinajstić information content (AvgIpc) is 3.34. The van der Waals surface area contributed by atoms with E-state index in [0.717, 1.165) is 25.3 Å². The van der Waals surface area contributed by atoms with Crippen molar-refractivity contribution in [2.24, 2.45) is 10.9 Å². The zero-order valence-corrected chi connectivity index (χ0v) is 14.5. The molecule has 24 heavy (non-hydrogen) atoms. The van der Waals surface area contributed by atoms with Crippen LogP contribution in [0.4, 0.5) is 0 Å². The van der Waals surface area contributed by atoms with Gasteiger partial charge in [0.2, 0.25) is 5.91 Å². The molecule has 0 unspecified atom stereocenters. The molecular weight excluding hydrogens is 300 g/mol. The van der Waals surface area contributed by atoms with Crippen molar-refractivity contribution >= 4 is 11.9 Å². The van der Waals surface area contributed by atoms with Crippen molar-refractivity contribution in [1.29, 1.82) is 0 Å². The minimum Gasteiger partial charge on any atom is -0.357 e. The van der Waals surface area contributed by atoms with Crippen LogP contribution in [0.2, 0.25) is 0 Å². The summed E-state index contributed by atoms with van der Waals surface area (Å²) in [5, 5.41) is 9.50. The summed E-state index contributed by atoms with van der Waals surface area (Å²) in [6.07, 6.45) is 5.79. The van der Waals surface area contributed by atoms with Crippen LogP contribution in [0.1, 0.15) is 42.9 Å². The van der Waals surface area contributed by atoms with Gasteiger partial charge in [0.15, 0.2) is 5.96 Å². The molecule has 0 radical (unpaired) electrons. The van der Waals surface area contributed by atoms with Crippen molar-refractivity contribution in [1.82, 2.24) is 16.0 Å². The fourth-order valence-electron chi connectivity index (χ4n) is 3.09. The van der Waals surface area contributed by atoms with Gasteiger partial charge in [-0.15, -0.1) is 0 Å². The fourth-order valence-corrected chi connectivity index (χ4v) is 3.09. The molecule has 130 valence electrons. The Morgan fingerprint density at radius 3 is 2.71 bits per heavy atom. The van der Waals surface area contributed by atoms with Crippen molar-refractivity contribution in [2.45, 2.75) is 45.6 Å². The first-order valence-corrected chi connectivity index (χ1v) is 9.17. The highest BCUT2D eigenvalue weighted by Crippen LogP contribution is 2.28. The number of nitrogens with zero attached hydrogens (tertiary/aromatic N) is 1. The maximum atomic E-state index is 11.6. The van der Waals surface area contributed by atoms with Crippen molar-refractivity contribution < 1.29 is 4.79 Å². The second kappa shape index (κ2) is 8.18. The lowest BCUT2D eigenvalue weighted by atomic mass is 10.1. The molecule has 5 nitrogen and oxygen atoms in total. The molecule has 1 amide bonds. The van der Waals surface area contributed by atoms with Crippen LogP contribution in [0.25, 0.3) is 0 Å². The third-order valence-electron chi connectivity index (χ3n) is 4.59. The van der Waals surface area contributed by atoms with Gasteiger partial charge in [-0.25, -0.2) is 4.99 Å². The van der Waals surface area contributed by atoms with Gasteiger partial charge in [0.1, 0.15) is 0 Å². The molecule has 1 aromatic carbocycles. The van der Waals surface area contributed by atoms with Crippen LogP contribution in [-0.4, -0.2) is 31.5 Å². The Morgan fingerprint density at radius 1 is 1.12 bits per heavy atom. The Bertz CT molecular complexity index is 607. The molecule has 0 aromatic heterocycles. The number of hydrogen-bond donors (Lipinski definition) is 3. The number of guanidine groups is 1. The predicted molar refractivity (Wildman–Crippen MR) is 97.0 cm³/mol. The van der Waals surface area contributed by atoms with E-state index in [9.17, 15) is 4.79 Å². The molecule has 0 bridgehead atoms. The largest absolute Gasteiger partial charge is 0.357 e. The average molecular weight is 328 g/mol. The van der Waals surface area contributed by atoms with Gasteiger partial charge >= 0.3 is 0 Å². The number of nitrogens with one attached hydrogen (secondary N) is 3. The molecule has 5 heteroatoms. The molecule has 0 aliphatic heterocycles. The van der Waals surface area contributed by atoms with Gasteiger partial charge < -0.3 is 16.0 Å². The standard InChI is InChI=1S/C19H28N4O/c1-2-20-19(22-11-10-21-18(24)16-8-9-16)23-13-14-6-7-15-4-3-5-17(15)12-14/h6-7,12,16H,2-5,8-11,13H2,1H3,(H,21,24)(H2,20,22,23). The minimum atomic E-state index is 0.192. The summed E-state index contributed by atoms with van der Waals surface area (Å²) < 4.78 is 0. The molecule has 1 fully saturated rings. The van der Waals surface area contributed by atoms with Gasteiger partial charge in [-0.1, -0.05) is 18.2 Å². The van der Waals surface area contributed by atoms with E-state index in [1.807, 2.05) is 0 Å². The van der Waals surface area contributed by atoms with E-state index in [-0.39, 0.29) is 11.8 Å². The van der Waals surface area contributed by atoms with Crippen LogP contribution in [0, 0.1) is 5.92 Å². The molecule has 0 heterocycles. The van der Waals surface area contributed by atoms with Gasteiger partial charge in [-0.3, -0.25) is 4.79 Å². The topological polar surface area (TPSA) is 65.5 Å². The summed E-state index contributed by atoms with van der Waals surface area (Å²) in [5.74, 6) is 1.27. The molecule has 3 rings (SSSR count). The maximum absolute atomic E-state index is 11.6. The van der Waals surface area contributed by atoms with E-state index < -0.39 is 0 Å². The zero-order valence-electron chi connectivity index (χ0n) is 14.5. The highest BCUT2D eigenvalue weighted by molar-refractivity contribution is 5.81. The third-order valence-corrected chi connectivity index (χ3v) is 4.59. The smallest absolute Gasteiger partial charge is 0.223 e. The summed E-state index contributed by atoms with van der Waals surface area (Å²) in [6, 6.07) is 6.74. The second-order valence-corrected chi connectivity index (χ2v) is 6.64. The number of aliphatic imine (C=N–C) groups is 1. The number of amides is 1. The lowest BCUT2D eigenvalue weighted by Crippen LogP contribution is -2.41. The molecule has 2 aliphatic rings. The molecular formula is C19H28N4O. The quantitative estimate of drug-likeness (QED) is 0.406. The molecule has 3 N–H and O–H groups in total. The number of aryl methyl sites for hydroxylation is 2. The Hall–Kier alpha value is -2.04. The first-order valence-electron chi connectivity index (χ1n) is 9.17. The summed E-state index contributed by atoms with van der Waals surface area (Å²) >= 11 is 0. The summed E-state index contributed by atoms with van der Waals surface area (Å²) in [4.78, 5) is 16.2. The van der Waals surface area contributed by atoms with Crippen molar-refractivity contribution in [2.75, 3.05) is 19.6 Å². The van der Waals surface area contributed by atoms with E-state index in [2.05, 4.69) is 46.1 Å². The van der Waals surface area contributed by atoms with Crippen LogP contribution < -0.4 is 16.0 Å². The Kier molecular flexibility index (Phi) is 5.72.